The highest BCUT2D eigenvalue weighted by Gasteiger charge is 2.18. The maximum atomic E-state index is 4.59. The van der Waals surface area contributed by atoms with Crippen molar-refractivity contribution in [3.05, 3.63) is 52.0 Å². The summed E-state index contributed by atoms with van der Waals surface area (Å²) in [5.41, 5.74) is 2.47. The van der Waals surface area contributed by atoms with Crippen LogP contribution in [0, 0.1) is 12.8 Å². The van der Waals surface area contributed by atoms with E-state index in [0.717, 1.165) is 12.1 Å². The lowest BCUT2D eigenvalue weighted by atomic mass is 9.96. The number of aromatic nitrogens is 1. The molecule has 0 bridgehead atoms. The van der Waals surface area contributed by atoms with Crippen LogP contribution in [0.25, 0.3) is 0 Å². The largest absolute Gasteiger partial charge is 0.301 e. The fourth-order valence-electron chi connectivity index (χ4n) is 2.40. The molecule has 0 aliphatic heterocycles. The van der Waals surface area contributed by atoms with Crippen molar-refractivity contribution < 1.29 is 0 Å². The number of benzene rings is 1. The van der Waals surface area contributed by atoms with Crippen LogP contribution in [0.5, 0.6) is 0 Å². The minimum Gasteiger partial charge on any atom is -0.301 e. The first-order valence-electron chi connectivity index (χ1n) is 7.29. The van der Waals surface area contributed by atoms with Crippen LogP contribution in [0.3, 0.4) is 0 Å². The molecule has 0 amide bonds. The number of thiazole rings is 1. The number of aryl methyl sites for hydroxylation is 1. The van der Waals surface area contributed by atoms with Gasteiger partial charge in [0.15, 0.2) is 0 Å². The fourth-order valence-corrected chi connectivity index (χ4v) is 3.21. The number of nitrogens with one attached hydrogen (secondary N) is 1. The minimum absolute atomic E-state index is 0.289. The molecule has 0 spiro atoms. The van der Waals surface area contributed by atoms with Crippen molar-refractivity contribution in [3.8, 4) is 0 Å². The van der Waals surface area contributed by atoms with Crippen molar-refractivity contribution in [2.75, 3.05) is 0 Å². The third-order valence-electron chi connectivity index (χ3n) is 3.37. The first-order valence-corrected chi connectivity index (χ1v) is 8.17. The van der Waals surface area contributed by atoms with Crippen LogP contribution in [0.15, 0.2) is 35.7 Å². The Balaban J connectivity index is 2.11. The summed E-state index contributed by atoms with van der Waals surface area (Å²) in [6, 6.07) is 11.4. The minimum atomic E-state index is 0.289. The summed E-state index contributed by atoms with van der Waals surface area (Å²) >= 11 is 1.74. The molecule has 2 rings (SSSR count). The quantitative estimate of drug-likeness (QED) is 0.818. The zero-order valence-electron chi connectivity index (χ0n) is 12.8. The molecule has 1 aromatic carbocycles. The molecule has 2 aromatic rings. The van der Waals surface area contributed by atoms with Crippen molar-refractivity contribution >= 4 is 11.3 Å². The number of hydrogen-bond donors (Lipinski definition) is 1. The summed E-state index contributed by atoms with van der Waals surface area (Å²) in [5, 5.41) is 7.03. The zero-order chi connectivity index (χ0) is 14.5. The molecule has 108 valence electrons. The van der Waals surface area contributed by atoms with E-state index in [1.54, 1.807) is 11.3 Å². The standard InChI is InChI=1S/C17H24N2S/c1-12(2)10-16(15-8-6-5-7-9-15)19-14(4)17-18-13(3)11-20-17/h5-9,11-12,14,16,19H,10H2,1-4H3. The van der Waals surface area contributed by atoms with Crippen LogP contribution in [-0.2, 0) is 0 Å². The van der Waals surface area contributed by atoms with Crippen LogP contribution in [0.4, 0.5) is 0 Å². The molecule has 0 aliphatic rings. The first kappa shape index (κ1) is 15.2. The highest BCUT2D eigenvalue weighted by atomic mass is 32.1. The summed E-state index contributed by atoms with van der Waals surface area (Å²) in [6.45, 7) is 8.80. The van der Waals surface area contributed by atoms with Gasteiger partial charge in [0.1, 0.15) is 5.01 Å². The molecule has 2 unspecified atom stereocenters. The van der Waals surface area contributed by atoms with E-state index in [-0.39, 0.29) is 6.04 Å². The Hall–Kier alpha value is -1.19. The van der Waals surface area contributed by atoms with Gasteiger partial charge < -0.3 is 5.32 Å². The molecule has 2 nitrogen and oxygen atoms in total. The molecule has 20 heavy (non-hydrogen) atoms. The normalized spacial score (nSPS) is 14.4. The summed E-state index contributed by atoms with van der Waals surface area (Å²) in [7, 11) is 0. The van der Waals surface area contributed by atoms with Crippen LogP contribution < -0.4 is 5.32 Å². The second-order valence-electron chi connectivity index (χ2n) is 5.81. The summed E-state index contributed by atoms with van der Waals surface area (Å²) in [4.78, 5) is 4.59. The molecule has 1 heterocycles. The Labute approximate surface area is 126 Å². The molecule has 0 saturated carbocycles. The van der Waals surface area contributed by atoms with Gasteiger partial charge in [-0.3, -0.25) is 0 Å². The van der Waals surface area contributed by atoms with Gasteiger partial charge in [-0.25, -0.2) is 4.98 Å². The van der Waals surface area contributed by atoms with Gasteiger partial charge in [-0.15, -0.1) is 11.3 Å². The zero-order valence-corrected chi connectivity index (χ0v) is 13.6. The lowest BCUT2D eigenvalue weighted by Crippen LogP contribution is -2.26. The van der Waals surface area contributed by atoms with Gasteiger partial charge in [0.25, 0.3) is 0 Å². The molecular formula is C17H24N2S. The second-order valence-corrected chi connectivity index (χ2v) is 6.70. The van der Waals surface area contributed by atoms with Gasteiger partial charge >= 0.3 is 0 Å². The lowest BCUT2D eigenvalue weighted by molar-refractivity contribution is 0.393. The average Bonchev–Trinajstić information content (AvgIpc) is 2.85. The van der Waals surface area contributed by atoms with Gasteiger partial charge in [-0.2, -0.15) is 0 Å². The number of hydrogen-bond acceptors (Lipinski definition) is 3. The van der Waals surface area contributed by atoms with Crippen molar-refractivity contribution in [2.45, 2.75) is 46.2 Å². The molecule has 3 heteroatoms. The van der Waals surface area contributed by atoms with Crippen molar-refractivity contribution in [2.24, 2.45) is 5.92 Å². The maximum Gasteiger partial charge on any atom is 0.110 e. The maximum absolute atomic E-state index is 4.59. The molecule has 1 aromatic heterocycles. The summed E-state index contributed by atoms with van der Waals surface area (Å²) < 4.78 is 0. The van der Waals surface area contributed by atoms with Crippen molar-refractivity contribution in [3.63, 3.8) is 0 Å². The molecule has 0 radical (unpaired) electrons. The van der Waals surface area contributed by atoms with E-state index >= 15 is 0 Å². The van der Waals surface area contributed by atoms with E-state index in [0.29, 0.717) is 12.0 Å². The highest BCUT2D eigenvalue weighted by Crippen LogP contribution is 2.26. The van der Waals surface area contributed by atoms with Gasteiger partial charge in [-0.05, 0) is 31.7 Å². The molecule has 1 N–H and O–H groups in total. The van der Waals surface area contributed by atoms with E-state index in [2.05, 4.69) is 73.7 Å². The van der Waals surface area contributed by atoms with Gasteiger partial charge in [0.05, 0.1) is 6.04 Å². The Kier molecular flexibility index (Phi) is 5.32. The number of rotatable bonds is 6. The van der Waals surface area contributed by atoms with E-state index in [4.69, 9.17) is 0 Å². The molecule has 0 fully saturated rings. The van der Waals surface area contributed by atoms with Crippen LogP contribution in [-0.4, -0.2) is 4.98 Å². The van der Waals surface area contributed by atoms with E-state index < -0.39 is 0 Å². The Morgan fingerprint density at radius 2 is 1.85 bits per heavy atom. The fraction of sp³-hybridized carbons (Fsp3) is 0.471. The Bertz CT molecular complexity index is 519. The van der Waals surface area contributed by atoms with Gasteiger partial charge in [0, 0.05) is 17.1 Å². The Morgan fingerprint density at radius 1 is 1.15 bits per heavy atom. The molecular weight excluding hydrogens is 264 g/mol. The molecule has 0 aliphatic carbocycles. The second kappa shape index (κ2) is 7.00. The monoisotopic (exact) mass is 288 g/mol. The summed E-state index contributed by atoms with van der Waals surface area (Å²) in [6.07, 6.45) is 1.14. The van der Waals surface area contributed by atoms with Crippen molar-refractivity contribution in [1.29, 1.82) is 0 Å². The van der Waals surface area contributed by atoms with Crippen LogP contribution in [0.1, 0.15) is 55.5 Å². The average molecular weight is 288 g/mol. The van der Waals surface area contributed by atoms with E-state index in [1.807, 2.05) is 0 Å². The van der Waals surface area contributed by atoms with E-state index in [1.165, 1.54) is 10.6 Å². The Morgan fingerprint density at radius 3 is 2.40 bits per heavy atom. The molecule has 2 atom stereocenters. The molecule has 0 saturated heterocycles. The third kappa shape index (κ3) is 4.15. The van der Waals surface area contributed by atoms with Gasteiger partial charge in [-0.1, -0.05) is 44.2 Å². The highest BCUT2D eigenvalue weighted by molar-refractivity contribution is 7.09. The topological polar surface area (TPSA) is 24.9 Å². The summed E-state index contributed by atoms with van der Waals surface area (Å²) in [5.74, 6) is 0.665. The van der Waals surface area contributed by atoms with E-state index in [9.17, 15) is 0 Å². The first-order chi connectivity index (χ1) is 9.56. The lowest BCUT2D eigenvalue weighted by Gasteiger charge is -2.24. The van der Waals surface area contributed by atoms with Crippen LogP contribution >= 0.6 is 11.3 Å². The predicted octanol–water partition coefficient (Wildman–Crippen LogP) is 4.89. The van der Waals surface area contributed by atoms with Crippen molar-refractivity contribution in [1.82, 2.24) is 10.3 Å². The predicted molar refractivity (Wildman–Crippen MR) is 87.0 cm³/mol. The number of nitrogens with zero attached hydrogens (tertiary/aromatic N) is 1. The van der Waals surface area contributed by atoms with Gasteiger partial charge in [0.2, 0.25) is 0 Å². The SMILES string of the molecule is Cc1csc(C(C)NC(CC(C)C)c2ccccc2)n1. The van der Waals surface area contributed by atoms with Crippen LogP contribution in [0.2, 0.25) is 0 Å². The third-order valence-corrected chi connectivity index (χ3v) is 4.51. The smallest absolute Gasteiger partial charge is 0.110 e.